The predicted molar refractivity (Wildman–Crippen MR) is 99.6 cm³/mol. The molecule has 0 aromatic heterocycles. The quantitative estimate of drug-likeness (QED) is 0.740. The van der Waals surface area contributed by atoms with Crippen molar-refractivity contribution in [2.75, 3.05) is 6.54 Å². The van der Waals surface area contributed by atoms with E-state index in [4.69, 9.17) is 0 Å². The van der Waals surface area contributed by atoms with Crippen molar-refractivity contribution < 1.29 is 9.59 Å². The molecule has 1 saturated carbocycles. The molecule has 2 unspecified atom stereocenters. The molecule has 1 aliphatic rings. The third-order valence-corrected chi connectivity index (χ3v) is 4.71. The molecule has 1 fully saturated rings. The van der Waals surface area contributed by atoms with Gasteiger partial charge in [0.05, 0.1) is 0 Å². The summed E-state index contributed by atoms with van der Waals surface area (Å²) in [4.78, 5) is 24.1. The summed E-state index contributed by atoms with van der Waals surface area (Å²) in [7, 11) is 0. The van der Waals surface area contributed by atoms with Crippen LogP contribution in [0, 0.1) is 22.7 Å². The molecule has 4 nitrogen and oxygen atoms in total. The molecule has 2 amide bonds. The van der Waals surface area contributed by atoms with Crippen molar-refractivity contribution in [2.24, 2.45) is 22.7 Å². The number of carbonyl (C=O) groups excluding carboxylic acids is 2. The van der Waals surface area contributed by atoms with Crippen LogP contribution in [0.2, 0.25) is 0 Å². The van der Waals surface area contributed by atoms with Crippen molar-refractivity contribution in [1.82, 2.24) is 10.6 Å². The summed E-state index contributed by atoms with van der Waals surface area (Å²) in [5, 5.41) is 6.35. The normalized spacial score (nSPS) is 26.5. The molecular weight excluding hydrogens is 300 g/mol. The maximum atomic E-state index is 12.2. The van der Waals surface area contributed by atoms with Gasteiger partial charge in [-0.1, -0.05) is 48.5 Å². The van der Waals surface area contributed by atoms with Gasteiger partial charge in [0.1, 0.15) is 0 Å². The van der Waals surface area contributed by atoms with Crippen molar-refractivity contribution in [3.8, 4) is 0 Å². The van der Waals surface area contributed by atoms with Crippen LogP contribution in [0.25, 0.3) is 0 Å². The van der Waals surface area contributed by atoms with Gasteiger partial charge in [-0.2, -0.15) is 0 Å². The second-order valence-electron chi connectivity index (χ2n) is 9.80. The summed E-state index contributed by atoms with van der Waals surface area (Å²) in [5.41, 5.74) is 0.204. The third kappa shape index (κ3) is 7.67. The number of hydrogen-bond donors (Lipinski definition) is 2. The van der Waals surface area contributed by atoms with Crippen molar-refractivity contribution in [3.05, 3.63) is 0 Å². The molecule has 0 aliphatic heterocycles. The average Bonchev–Trinajstić information content (AvgIpc) is 2.31. The molecule has 0 aromatic carbocycles. The number of rotatable bonds is 7. The zero-order chi connectivity index (χ0) is 18.5. The van der Waals surface area contributed by atoms with E-state index >= 15 is 0 Å². The van der Waals surface area contributed by atoms with Crippen LogP contribution < -0.4 is 10.6 Å². The summed E-state index contributed by atoms with van der Waals surface area (Å²) in [6, 6.07) is 0.201. The second kappa shape index (κ2) is 8.35. The van der Waals surface area contributed by atoms with Gasteiger partial charge in [-0.15, -0.1) is 0 Å². The highest BCUT2D eigenvalue weighted by Gasteiger charge is 2.41. The lowest BCUT2D eigenvalue weighted by atomic mass is 9.62. The average molecular weight is 339 g/mol. The summed E-state index contributed by atoms with van der Waals surface area (Å²) < 4.78 is 0. The van der Waals surface area contributed by atoms with Crippen LogP contribution in [0.3, 0.4) is 0 Å². The number of hydrogen-bond acceptors (Lipinski definition) is 2. The zero-order valence-corrected chi connectivity index (χ0v) is 16.8. The number of amides is 2. The molecular formula is C20H38N2O2. The summed E-state index contributed by atoms with van der Waals surface area (Å²) >= 11 is 0. The van der Waals surface area contributed by atoms with Gasteiger partial charge in [0.2, 0.25) is 11.8 Å². The maximum absolute atomic E-state index is 12.2. The standard InChI is InChI=1S/C20H38N2O2/c1-14(2)8-17(23)21-13-20(7)11-16(10-19(5,6)12-20)22-18(24)9-15(3)4/h14-16H,8-13H2,1-7H3,(H,21,23)(H,22,24). The van der Waals surface area contributed by atoms with Gasteiger partial charge in [0.15, 0.2) is 0 Å². The molecule has 1 rings (SSSR count). The Bertz CT molecular complexity index is 443. The molecule has 4 heteroatoms. The van der Waals surface area contributed by atoms with Crippen LogP contribution >= 0.6 is 0 Å². The Morgan fingerprint density at radius 3 is 2.04 bits per heavy atom. The van der Waals surface area contributed by atoms with Crippen LogP contribution in [0.15, 0.2) is 0 Å². The minimum atomic E-state index is 0.0319. The Morgan fingerprint density at radius 1 is 0.958 bits per heavy atom. The lowest BCUT2D eigenvalue weighted by molar-refractivity contribution is -0.125. The van der Waals surface area contributed by atoms with Crippen molar-refractivity contribution in [2.45, 2.75) is 86.6 Å². The van der Waals surface area contributed by atoms with Crippen LogP contribution in [0.1, 0.15) is 80.6 Å². The van der Waals surface area contributed by atoms with Gasteiger partial charge in [-0.25, -0.2) is 0 Å². The number of nitrogens with one attached hydrogen (secondary N) is 2. The molecule has 0 saturated heterocycles. The van der Waals surface area contributed by atoms with E-state index in [2.05, 4.69) is 59.1 Å². The fraction of sp³-hybridized carbons (Fsp3) is 0.900. The predicted octanol–water partition coefficient (Wildman–Crippen LogP) is 3.90. The Balaban J connectivity index is 2.65. The van der Waals surface area contributed by atoms with E-state index in [0.29, 0.717) is 31.2 Å². The van der Waals surface area contributed by atoms with Crippen LogP contribution in [0.5, 0.6) is 0 Å². The molecule has 1 aliphatic carbocycles. The zero-order valence-electron chi connectivity index (χ0n) is 16.8. The van der Waals surface area contributed by atoms with Gasteiger partial charge in [-0.05, 0) is 41.9 Å². The molecule has 0 spiro atoms. The van der Waals surface area contributed by atoms with Crippen molar-refractivity contribution in [1.29, 1.82) is 0 Å². The van der Waals surface area contributed by atoms with Crippen LogP contribution in [-0.4, -0.2) is 24.4 Å². The molecule has 0 aromatic rings. The van der Waals surface area contributed by atoms with E-state index in [-0.39, 0.29) is 28.7 Å². The SMILES string of the molecule is CC(C)CC(=O)NCC1(C)CC(NC(=O)CC(C)C)CC(C)(C)C1. The molecule has 24 heavy (non-hydrogen) atoms. The first-order valence-electron chi connectivity index (χ1n) is 9.47. The lowest BCUT2D eigenvalue weighted by Crippen LogP contribution is -2.50. The Kier molecular flexibility index (Phi) is 7.30. The van der Waals surface area contributed by atoms with Gasteiger partial charge in [0, 0.05) is 25.4 Å². The first kappa shape index (κ1) is 21.0. The number of carbonyl (C=O) groups is 2. The van der Waals surface area contributed by atoms with Gasteiger partial charge >= 0.3 is 0 Å². The van der Waals surface area contributed by atoms with Crippen molar-refractivity contribution in [3.63, 3.8) is 0 Å². The van der Waals surface area contributed by atoms with E-state index in [9.17, 15) is 9.59 Å². The second-order valence-corrected chi connectivity index (χ2v) is 9.80. The van der Waals surface area contributed by atoms with Crippen LogP contribution in [-0.2, 0) is 9.59 Å². The molecule has 2 N–H and O–H groups in total. The Hall–Kier alpha value is -1.06. The topological polar surface area (TPSA) is 58.2 Å². The molecule has 2 atom stereocenters. The van der Waals surface area contributed by atoms with Gasteiger partial charge in [0.25, 0.3) is 0 Å². The smallest absolute Gasteiger partial charge is 0.220 e. The minimum Gasteiger partial charge on any atom is -0.356 e. The summed E-state index contributed by atoms with van der Waals surface area (Å²) in [6.07, 6.45) is 4.17. The lowest BCUT2D eigenvalue weighted by Gasteiger charge is -2.47. The first-order chi connectivity index (χ1) is 10.9. The third-order valence-electron chi connectivity index (χ3n) is 4.71. The highest BCUT2D eigenvalue weighted by atomic mass is 16.2. The highest BCUT2D eigenvalue weighted by Crippen LogP contribution is 2.45. The Labute approximate surface area is 148 Å². The summed E-state index contributed by atoms with van der Waals surface area (Å²) in [5.74, 6) is 1.04. The van der Waals surface area contributed by atoms with E-state index < -0.39 is 0 Å². The minimum absolute atomic E-state index is 0.0319. The fourth-order valence-electron chi connectivity index (χ4n) is 4.28. The first-order valence-corrected chi connectivity index (χ1v) is 9.47. The summed E-state index contributed by atoms with van der Waals surface area (Å²) in [6.45, 7) is 15.7. The Morgan fingerprint density at radius 2 is 1.50 bits per heavy atom. The van der Waals surface area contributed by atoms with E-state index in [0.717, 1.165) is 19.3 Å². The molecule has 140 valence electrons. The van der Waals surface area contributed by atoms with Gasteiger partial charge in [-0.3, -0.25) is 9.59 Å². The molecule has 0 heterocycles. The fourth-order valence-corrected chi connectivity index (χ4v) is 4.28. The van der Waals surface area contributed by atoms with Gasteiger partial charge < -0.3 is 10.6 Å². The maximum Gasteiger partial charge on any atom is 0.220 e. The molecule has 0 radical (unpaired) electrons. The monoisotopic (exact) mass is 338 g/mol. The largest absolute Gasteiger partial charge is 0.356 e. The van der Waals surface area contributed by atoms with E-state index in [1.54, 1.807) is 0 Å². The van der Waals surface area contributed by atoms with Crippen molar-refractivity contribution >= 4 is 11.8 Å². The molecule has 0 bridgehead atoms. The van der Waals surface area contributed by atoms with E-state index in [1.807, 2.05) is 0 Å². The highest BCUT2D eigenvalue weighted by molar-refractivity contribution is 5.76. The van der Waals surface area contributed by atoms with Crippen LogP contribution in [0.4, 0.5) is 0 Å². The van der Waals surface area contributed by atoms with E-state index in [1.165, 1.54) is 0 Å².